The van der Waals surface area contributed by atoms with Gasteiger partial charge in [-0.25, -0.2) is 13.4 Å². The van der Waals surface area contributed by atoms with E-state index in [0.717, 1.165) is 17.0 Å². The molecule has 28 heavy (non-hydrogen) atoms. The summed E-state index contributed by atoms with van der Waals surface area (Å²) in [6.45, 7) is 1.56. The van der Waals surface area contributed by atoms with Crippen molar-refractivity contribution in [3.63, 3.8) is 0 Å². The Hall–Kier alpha value is -2.19. The van der Waals surface area contributed by atoms with Crippen LogP contribution >= 0.6 is 12.4 Å². The molecule has 1 N–H and O–H groups in total. The Kier molecular flexibility index (Phi) is 6.20. The molecule has 148 valence electrons. The molecule has 6 nitrogen and oxygen atoms in total. The van der Waals surface area contributed by atoms with Crippen molar-refractivity contribution in [3.05, 3.63) is 72.8 Å². The number of halogens is 1. The van der Waals surface area contributed by atoms with Gasteiger partial charge in [0.1, 0.15) is 5.82 Å². The van der Waals surface area contributed by atoms with Gasteiger partial charge in [0.2, 0.25) is 10.0 Å². The number of sulfonamides is 1. The molecule has 0 radical (unpaired) electrons. The minimum Gasteiger partial charge on any atom is -0.337 e. The highest BCUT2D eigenvalue weighted by Crippen LogP contribution is 2.33. The van der Waals surface area contributed by atoms with Crippen molar-refractivity contribution in [2.75, 3.05) is 19.6 Å². The summed E-state index contributed by atoms with van der Waals surface area (Å²) >= 11 is 0. The molecule has 1 atom stereocenters. The molecule has 1 aliphatic rings. The van der Waals surface area contributed by atoms with Crippen molar-refractivity contribution in [1.82, 2.24) is 19.2 Å². The molecule has 0 spiro atoms. The number of hydrogen-bond acceptors (Lipinski definition) is 4. The lowest BCUT2D eigenvalue weighted by Crippen LogP contribution is -2.49. The molecule has 0 saturated carbocycles. The molecule has 2 heterocycles. The lowest BCUT2D eigenvalue weighted by Gasteiger charge is -2.35. The maximum absolute atomic E-state index is 13.7. The van der Waals surface area contributed by atoms with Gasteiger partial charge in [-0.1, -0.05) is 48.5 Å². The minimum atomic E-state index is -3.69. The fraction of sp³-hybridized carbons (Fsp3) is 0.250. The minimum absolute atomic E-state index is 0. The van der Waals surface area contributed by atoms with E-state index >= 15 is 0 Å². The average Bonchev–Trinajstić information content (AvgIpc) is 3.14. The van der Waals surface area contributed by atoms with Crippen molar-refractivity contribution >= 4 is 22.4 Å². The van der Waals surface area contributed by atoms with E-state index in [4.69, 9.17) is 0 Å². The Morgan fingerprint density at radius 1 is 1.07 bits per heavy atom. The fourth-order valence-electron chi connectivity index (χ4n) is 3.57. The van der Waals surface area contributed by atoms with Gasteiger partial charge < -0.3 is 9.88 Å². The van der Waals surface area contributed by atoms with E-state index in [9.17, 15) is 8.42 Å². The Morgan fingerprint density at radius 3 is 2.50 bits per heavy atom. The molecule has 0 amide bonds. The van der Waals surface area contributed by atoms with Gasteiger partial charge in [-0.3, -0.25) is 0 Å². The Balaban J connectivity index is 0.00000225. The highest BCUT2D eigenvalue weighted by molar-refractivity contribution is 7.89. The van der Waals surface area contributed by atoms with Crippen LogP contribution < -0.4 is 5.32 Å². The molecule has 4 rings (SSSR count). The van der Waals surface area contributed by atoms with E-state index in [-0.39, 0.29) is 18.4 Å². The summed E-state index contributed by atoms with van der Waals surface area (Å²) in [6.07, 6.45) is 3.54. The maximum atomic E-state index is 13.7. The van der Waals surface area contributed by atoms with E-state index in [1.54, 1.807) is 22.6 Å². The third-order valence-electron chi connectivity index (χ3n) is 4.91. The van der Waals surface area contributed by atoms with Crippen LogP contribution in [-0.2, 0) is 17.1 Å². The first kappa shape index (κ1) is 20.5. The van der Waals surface area contributed by atoms with Gasteiger partial charge in [0.05, 0.1) is 10.9 Å². The second-order valence-corrected chi connectivity index (χ2v) is 8.45. The smallest absolute Gasteiger partial charge is 0.244 e. The van der Waals surface area contributed by atoms with Crippen LogP contribution in [0.3, 0.4) is 0 Å². The van der Waals surface area contributed by atoms with E-state index < -0.39 is 10.0 Å². The number of rotatable bonds is 4. The third kappa shape index (κ3) is 3.71. The number of aryl methyl sites for hydroxylation is 1. The fourth-order valence-corrected chi connectivity index (χ4v) is 5.37. The molecule has 1 saturated heterocycles. The predicted octanol–water partition coefficient (Wildman–Crippen LogP) is 2.84. The van der Waals surface area contributed by atoms with Gasteiger partial charge in [0, 0.05) is 44.6 Å². The Morgan fingerprint density at radius 2 is 1.79 bits per heavy atom. The maximum Gasteiger partial charge on any atom is 0.244 e. The van der Waals surface area contributed by atoms with Gasteiger partial charge in [0.15, 0.2) is 0 Å². The molecule has 3 aromatic rings. The molecular formula is C20H23ClN4O2S. The van der Waals surface area contributed by atoms with Crippen LogP contribution in [0, 0.1) is 0 Å². The van der Waals surface area contributed by atoms with Crippen LogP contribution in [0.4, 0.5) is 0 Å². The first-order chi connectivity index (χ1) is 13.1. The zero-order valence-electron chi connectivity index (χ0n) is 15.5. The number of aromatic nitrogens is 2. The summed E-state index contributed by atoms with van der Waals surface area (Å²) in [5.41, 5.74) is 1.61. The number of hydrogen-bond donors (Lipinski definition) is 1. The molecule has 0 bridgehead atoms. The molecule has 1 aliphatic heterocycles. The summed E-state index contributed by atoms with van der Waals surface area (Å²) in [4.78, 5) is 4.73. The first-order valence-corrected chi connectivity index (χ1v) is 10.4. The second kappa shape index (κ2) is 8.45. The van der Waals surface area contributed by atoms with Crippen molar-refractivity contribution in [1.29, 1.82) is 0 Å². The van der Waals surface area contributed by atoms with E-state index in [1.807, 2.05) is 60.3 Å². The summed E-state index contributed by atoms with van der Waals surface area (Å²) < 4.78 is 30.8. The molecule has 1 aromatic heterocycles. The normalized spacial score (nSPS) is 17.8. The number of imidazole rings is 1. The Bertz CT molecular complexity index is 1040. The standard InChI is InChI=1S/C20H22N4O2S.ClH/c1-23-13-12-22-20(23)18-15-21-11-14-24(18)27(25,26)19-10-6-5-9-17(19)16-7-3-2-4-8-16;/h2-10,12-13,18,21H,11,14-15H2,1H3;1H. The van der Waals surface area contributed by atoms with Crippen LogP contribution in [0.15, 0.2) is 71.9 Å². The highest BCUT2D eigenvalue weighted by atomic mass is 35.5. The van der Waals surface area contributed by atoms with Gasteiger partial charge in [-0.2, -0.15) is 4.31 Å². The topological polar surface area (TPSA) is 67.2 Å². The quantitative estimate of drug-likeness (QED) is 0.707. The highest BCUT2D eigenvalue weighted by Gasteiger charge is 2.37. The predicted molar refractivity (Wildman–Crippen MR) is 112 cm³/mol. The zero-order valence-corrected chi connectivity index (χ0v) is 17.2. The molecular weight excluding hydrogens is 396 g/mol. The molecule has 2 aromatic carbocycles. The van der Waals surface area contributed by atoms with Gasteiger partial charge >= 0.3 is 0 Å². The zero-order chi connectivity index (χ0) is 18.9. The number of nitrogens with one attached hydrogen (secondary N) is 1. The van der Waals surface area contributed by atoms with Crippen LogP contribution in [0.2, 0.25) is 0 Å². The van der Waals surface area contributed by atoms with Gasteiger partial charge in [-0.05, 0) is 11.6 Å². The van der Waals surface area contributed by atoms with Crippen LogP contribution in [0.5, 0.6) is 0 Å². The SMILES string of the molecule is Cl.Cn1ccnc1C1CNCCN1S(=O)(=O)c1ccccc1-c1ccccc1. The van der Waals surface area contributed by atoms with Crippen molar-refractivity contribution in [3.8, 4) is 11.1 Å². The summed E-state index contributed by atoms with van der Waals surface area (Å²) in [5.74, 6) is 0.739. The number of piperazine rings is 1. The number of nitrogens with zero attached hydrogens (tertiary/aromatic N) is 3. The van der Waals surface area contributed by atoms with Gasteiger partial charge in [-0.15, -0.1) is 12.4 Å². The second-order valence-electron chi connectivity index (χ2n) is 6.59. The largest absolute Gasteiger partial charge is 0.337 e. The number of benzene rings is 2. The van der Waals surface area contributed by atoms with Gasteiger partial charge in [0.25, 0.3) is 0 Å². The van der Waals surface area contributed by atoms with Crippen LogP contribution in [-0.4, -0.2) is 41.9 Å². The van der Waals surface area contributed by atoms with Crippen LogP contribution in [0.1, 0.15) is 11.9 Å². The summed E-state index contributed by atoms with van der Waals surface area (Å²) in [5, 5.41) is 3.29. The van der Waals surface area contributed by atoms with Crippen molar-refractivity contribution in [2.45, 2.75) is 10.9 Å². The lowest BCUT2D eigenvalue weighted by atomic mass is 10.1. The summed E-state index contributed by atoms with van der Waals surface area (Å²) in [6, 6.07) is 16.5. The monoisotopic (exact) mass is 418 g/mol. The molecule has 8 heteroatoms. The summed E-state index contributed by atoms with van der Waals surface area (Å²) in [7, 11) is -1.80. The van der Waals surface area contributed by atoms with Crippen molar-refractivity contribution < 1.29 is 8.42 Å². The lowest BCUT2D eigenvalue weighted by molar-refractivity contribution is 0.258. The van der Waals surface area contributed by atoms with E-state index in [2.05, 4.69) is 10.3 Å². The Labute approximate surface area is 171 Å². The molecule has 1 unspecified atom stereocenters. The average molecular weight is 419 g/mol. The van der Waals surface area contributed by atoms with E-state index in [0.29, 0.717) is 24.5 Å². The third-order valence-corrected chi connectivity index (χ3v) is 6.88. The first-order valence-electron chi connectivity index (χ1n) is 8.93. The van der Waals surface area contributed by atoms with Crippen molar-refractivity contribution in [2.24, 2.45) is 7.05 Å². The molecule has 1 fully saturated rings. The van der Waals surface area contributed by atoms with E-state index in [1.165, 1.54) is 0 Å². The van der Waals surface area contributed by atoms with Crippen LogP contribution in [0.25, 0.3) is 11.1 Å². The molecule has 0 aliphatic carbocycles.